The zero-order chi connectivity index (χ0) is 15.7. The van der Waals surface area contributed by atoms with Crippen LogP contribution in [0.5, 0.6) is 0 Å². The van der Waals surface area contributed by atoms with Crippen LogP contribution in [-0.4, -0.2) is 22.3 Å². The number of carbonyl (C=O) groups excluding carboxylic acids is 1. The topological polar surface area (TPSA) is 33.2 Å². The number of benzene rings is 1. The molecule has 4 heteroatoms. The number of hydrogen-bond acceptors (Lipinski definition) is 2. The molecule has 1 saturated heterocycles. The van der Waals surface area contributed by atoms with E-state index >= 15 is 0 Å². The highest BCUT2D eigenvalue weighted by atomic mass is 35.5. The van der Waals surface area contributed by atoms with Crippen LogP contribution in [0.15, 0.2) is 36.5 Å². The molecule has 3 nitrogen and oxygen atoms in total. The van der Waals surface area contributed by atoms with Gasteiger partial charge in [0.05, 0.1) is 11.6 Å². The van der Waals surface area contributed by atoms with Crippen LogP contribution in [-0.2, 0) is 0 Å². The van der Waals surface area contributed by atoms with Gasteiger partial charge in [0, 0.05) is 12.7 Å². The second-order valence-corrected chi connectivity index (χ2v) is 6.33. The van der Waals surface area contributed by atoms with Crippen molar-refractivity contribution in [3.05, 3.63) is 63.9 Å². The first kappa shape index (κ1) is 15.0. The van der Waals surface area contributed by atoms with Crippen molar-refractivity contribution in [3.63, 3.8) is 0 Å². The molecule has 0 saturated carbocycles. The predicted molar refractivity (Wildman–Crippen MR) is 88.2 cm³/mol. The Morgan fingerprint density at radius 3 is 2.59 bits per heavy atom. The second kappa shape index (κ2) is 6.09. The molecule has 1 fully saturated rings. The third kappa shape index (κ3) is 3.00. The number of hydrogen-bond donors (Lipinski definition) is 0. The summed E-state index contributed by atoms with van der Waals surface area (Å²) < 4.78 is 0. The molecule has 1 aromatic heterocycles. The van der Waals surface area contributed by atoms with Crippen molar-refractivity contribution in [2.24, 2.45) is 0 Å². The number of aromatic nitrogens is 1. The minimum Gasteiger partial charge on any atom is -0.332 e. The average Bonchev–Trinajstić information content (AvgIpc) is 2.95. The van der Waals surface area contributed by atoms with E-state index in [0.717, 1.165) is 19.4 Å². The number of nitrogens with zero attached hydrogens (tertiary/aromatic N) is 2. The highest BCUT2D eigenvalue weighted by Gasteiger charge is 2.30. The van der Waals surface area contributed by atoms with Crippen LogP contribution < -0.4 is 0 Å². The van der Waals surface area contributed by atoms with Gasteiger partial charge in [0.15, 0.2) is 0 Å². The fourth-order valence-corrected chi connectivity index (χ4v) is 3.34. The monoisotopic (exact) mass is 314 g/mol. The van der Waals surface area contributed by atoms with Crippen molar-refractivity contribution in [2.75, 3.05) is 6.54 Å². The molecule has 1 atom stereocenters. The van der Waals surface area contributed by atoms with Crippen LogP contribution in [0.1, 0.15) is 45.9 Å². The standard InChI is InChI=1S/C18H19ClN2O/c1-12-8-13(2)10-15(9-12)16-4-3-7-21(16)18(22)14-5-6-17(19)20-11-14/h5-6,8-11,16H,3-4,7H2,1-2H3. The van der Waals surface area contributed by atoms with E-state index in [1.54, 1.807) is 18.3 Å². The van der Waals surface area contributed by atoms with E-state index in [9.17, 15) is 4.79 Å². The molecule has 1 aromatic carbocycles. The molecule has 0 bridgehead atoms. The molecule has 1 unspecified atom stereocenters. The second-order valence-electron chi connectivity index (χ2n) is 5.95. The Hall–Kier alpha value is -1.87. The first-order chi connectivity index (χ1) is 10.5. The van der Waals surface area contributed by atoms with Crippen LogP contribution in [0.25, 0.3) is 0 Å². The predicted octanol–water partition coefficient (Wildman–Crippen LogP) is 4.33. The number of halogens is 1. The van der Waals surface area contributed by atoms with Crippen LogP contribution >= 0.6 is 11.6 Å². The molecule has 22 heavy (non-hydrogen) atoms. The van der Waals surface area contributed by atoms with Crippen molar-refractivity contribution in [2.45, 2.75) is 32.7 Å². The van der Waals surface area contributed by atoms with E-state index in [1.165, 1.54) is 16.7 Å². The van der Waals surface area contributed by atoms with Gasteiger partial charge in [0.2, 0.25) is 0 Å². The van der Waals surface area contributed by atoms with Crippen LogP contribution in [0.4, 0.5) is 0 Å². The number of rotatable bonds is 2. The van der Waals surface area contributed by atoms with Gasteiger partial charge in [-0.25, -0.2) is 4.98 Å². The number of pyridine rings is 1. The van der Waals surface area contributed by atoms with Gasteiger partial charge in [-0.15, -0.1) is 0 Å². The van der Waals surface area contributed by atoms with Gasteiger partial charge < -0.3 is 4.90 Å². The lowest BCUT2D eigenvalue weighted by molar-refractivity contribution is 0.0735. The fourth-order valence-electron chi connectivity index (χ4n) is 3.23. The van der Waals surface area contributed by atoms with E-state index < -0.39 is 0 Å². The molecule has 0 radical (unpaired) electrons. The van der Waals surface area contributed by atoms with E-state index in [1.807, 2.05) is 4.90 Å². The number of aryl methyl sites for hydroxylation is 2. The molecule has 114 valence electrons. The Kier molecular flexibility index (Phi) is 4.16. The Morgan fingerprint density at radius 1 is 1.23 bits per heavy atom. The van der Waals surface area contributed by atoms with Crippen LogP contribution in [0.3, 0.4) is 0 Å². The first-order valence-corrected chi connectivity index (χ1v) is 7.93. The fraction of sp³-hybridized carbons (Fsp3) is 0.333. The summed E-state index contributed by atoms with van der Waals surface area (Å²) >= 11 is 5.80. The quantitative estimate of drug-likeness (QED) is 0.773. The molecule has 0 spiro atoms. The number of carbonyl (C=O) groups is 1. The van der Waals surface area contributed by atoms with E-state index in [0.29, 0.717) is 10.7 Å². The average molecular weight is 315 g/mol. The van der Waals surface area contributed by atoms with Gasteiger partial charge >= 0.3 is 0 Å². The normalized spacial score (nSPS) is 17.8. The minimum absolute atomic E-state index is 0.0332. The molecule has 2 heterocycles. The summed E-state index contributed by atoms with van der Waals surface area (Å²) in [5.74, 6) is 0.0332. The molecular formula is C18H19ClN2O. The van der Waals surface area contributed by atoms with Gasteiger partial charge in [-0.1, -0.05) is 40.9 Å². The third-order valence-electron chi connectivity index (χ3n) is 4.12. The lowest BCUT2D eigenvalue weighted by Gasteiger charge is -2.25. The van der Waals surface area contributed by atoms with Gasteiger partial charge in [0.1, 0.15) is 5.15 Å². The lowest BCUT2D eigenvalue weighted by atomic mass is 9.99. The van der Waals surface area contributed by atoms with E-state index in [-0.39, 0.29) is 11.9 Å². The minimum atomic E-state index is 0.0332. The summed E-state index contributed by atoms with van der Waals surface area (Å²) in [6, 6.07) is 10.1. The van der Waals surface area contributed by atoms with Crippen molar-refractivity contribution >= 4 is 17.5 Å². The number of likely N-dealkylation sites (tertiary alicyclic amines) is 1. The molecule has 2 aromatic rings. The molecule has 1 aliphatic rings. The maximum absolute atomic E-state index is 12.8. The molecule has 1 amide bonds. The van der Waals surface area contributed by atoms with E-state index in [4.69, 9.17) is 11.6 Å². The van der Waals surface area contributed by atoms with Gasteiger partial charge in [0.25, 0.3) is 5.91 Å². The van der Waals surface area contributed by atoms with Gasteiger partial charge in [-0.05, 0) is 44.4 Å². The van der Waals surface area contributed by atoms with Crippen LogP contribution in [0.2, 0.25) is 5.15 Å². The van der Waals surface area contributed by atoms with Crippen molar-refractivity contribution in [3.8, 4) is 0 Å². The summed E-state index contributed by atoms with van der Waals surface area (Å²) in [6.45, 7) is 4.99. The van der Waals surface area contributed by atoms with Crippen LogP contribution in [0, 0.1) is 13.8 Å². The smallest absolute Gasteiger partial charge is 0.255 e. The molecule has 0 N–H and O–H groups in total. The Morgan fingerprint density at radius 2 is 1.95 bits per heavy atom. The van der Waals surface area contributed by atoms with Crippen molar-refractivity contribution < 1.29 is 4.79 Å². The Balaban J connectivity index is 1.89. The molecular weight excluding hydrogens is 296 g/mol. The first-order valence-electron chi connectivity index (χ1n) is 7.55. The highest BCUT2D eigenvalue weighted by Crippen LogP contribution is 2.34. The Labute approximate surface area is 135 Å². The maximum atomic E-state index is 12.8. The van der Waals surface area contributed by atoms with E-state index in [2.05, 4.69) is 37.0 Å². The summed E-state index contributed by atoms with van der Waals surface area (Å²) in [6.07, 6.45) is 3.60. The zero-order valence-corrected chi connectivity index (χ0v) is 13.6. The zero-order valence-electron chi connectivity index (χ0n) is 12.8. The SMILES string of the molecule is Cc1cc(C)cc(C2CCCN2C(=O)c2ccc(Cl)nc2)c1. The Bertz CT molecular complexity index is 676. The lowest BCUT2D eigenvalue weighted by Crippen LogP contribution is -2.30. The summed E-state index contributed by atoms with van der Waals surface area (Å²) in [5, 5.41) is 0.406. The molecule has 3 rings (SSSR count). The number of amides is 1. The maximum Gasteiger partial charge on any atom is 0.255 e. The van der Waals surface area contributed by atoms with Crippen molar-refractivity contribution in [1.29, 1.82) is 0 Å². The van der Waals surface area contributed by atoms with Gasteiger partial charge in [-0.2, -0.15) is 0 Å². The third-order valence-corrected chi connectivity index (χ3v) is 4.34. The summed E-state index contributed by atoms with van der Waals surface area (Å²) in [4.78, 5) is 18.7. The highest BCUT2D eigenvalue weighted by molar-refractivity contribution is 6.29. The molecule has 0 aliphatic carbocycles. The van der Waals surface area contributed by atoms with Crippen molar-refractivity contribution in [1.82, 2.24) is 9.88 Å². The summed E-state index contributed by atoms with van der Waals surface area (Å²) in [5.41, 5.74) is 4.30. The molecule has 1 aliphatic heterocycles. The summed E-state index contributed by atoms with van der Waals surface area (Å²) in [7, 11) is 0. The van der Waals surface area contributed by atoms with Gasteiger partial charge in [-0.3, -0.25) is 4.79 Å². The largest absolute Gasteiger partial charge is 0.332 e.